The zero-order chi connectivity index (χ0) is 20.9. The Kier molecular flexibility index (Phi) is 6.09. The standard InChI is InChI=1S/C23H26N4O3/c1-3-26-12-14-27(15-13-26)23(28)19-6-4-5-7-20(19)29-16-21-24-22(25-30-21)18-10-8-17(2)9-11-18/h4-11H,3,12-16H2,1-2H3. The fourth-order valence-corrected chi connectivity index (χ4v) is 3.48. The van der Waals surface area contributed by atoms with Crippen molar-refractivity contribution in [1.82, 2.24) is 19.9 Å². The van der Waals surface area contributed by atoms with Crippen LogP contribution in [-0.4, -0.2) is 58.6 Å². The first kappa shape index (κ1) is 20.1. The number of rotatable bonds is 6. The predicted molar refractivity (Wildman–Crippen MR) is 113 cm³/mol. The molecule has 7 heteroatoms. The molecule has 0 saturated carbocycles. The van der Waals surface area contributed by atoms with Gasteiger partial charge in [0.15, 0.2) is 6.61 Å². The Labute approximate surface area is 176 Å². The zero-order valence-corrected chi connectivity index (χ0v) is 17.4. The molecule has 1 saturated heterocycles. The first-order chi connectivity index (χ1) is 14.6. The number of aromatic nitrogens is 2. The Morgan fingerprint density at radius 3 is 2.53 bits per heavy atom. The van der Waals surface area contributed by atoms with Gasteiger partial charge < -0.3 is 19.1 Å². The highest BCUT2D eigenvalue weighted by molar-refractivity contribution is 5.97. The molecule has 0 aliphatic carbocycles. The molecule has 0 atom stereocenters. The molecule has 0 unspecified atom stereocenters. The molecule has 0 spiro atoms. The number of piperazine rings is 1. The molecular formula is C23H26N4O3. The number of hydrogen-bond donors (Lipinski definition) is 0. The summed E-state index contributed by atoms with van der Waals surface area (Å²) in [5, 5.41) is 4.03. The predicted octanol–water partition coefficient (Wildman–Crippen LogP) is 3.40. The molecule has 2 heterocycles. The third kappa shape index (κ3) is 4.52. The van der Waals surface area contributed by atoms with Crippen molar-refractivity contribution in [3.63, 3.8) is 0 Å². The van der Waals surface area contributed by atoms with E-state index in [1.54, 1.807) is 12.1 Å². The van der Waals surface area contributed by atoms with Crippen LogP contribution < -0.4 is 4.74 Å². The van der Waals surface area contributed by atoms with Crippen molar-refractivity contribution in [2.75, 3.05) is 32.7 Å². The summed E-state index contributed by atoms with van der Waals surface area (Å²) in [6.07, 6.45) is 0. The van der Waals surface area contributed by atoms with Crippen LogP contribution in [0.1, 0.15) is 28.7 Å². The fraction of sp³-hybridized carbons (Fsp3) is 0.348. The average Bonchev–Trinajstić information content (AvgIpc) is 3.27. The van der Waals surface area contributed by atoms with Gasteiger partial charge in [0.25, 0.3) is 11.8 Å². The van der Waals surface area contributed by atoms with Gasteiger partial charge in [0.1, 0.15) is 5.75 Å². The van der Waals surface area contributed by atoms with Crippen molar-refractivity contribution < 1.29 is 14.1 Å². The van der Waals surface area contributed by atoms with Crippen LogP contribution in [0.4, 0.5) is 0 Å². The zero-order valence-electron chi connectivity index (χ0n) is 17.4. The molecule has 0 radical (unpaired) electrons. The normalized spacial score (nSPS) is 14.7. The molecule has 156 valence electrons. The number of likely N-dealkylation sites (N-methyl/N-ethyl adjacent to an activating group) is 1. The summed E-state index contributed by atoms with van der Waals surface area (Å²) < 4.78 is 11.2. The molecule has 1 amide bonds. The third-order valence-electron chi connectivity index (χ3n) is 5.35. The second-order valence-electron chi connectivity index (χ2n) is 7.39. The number of carbonyl (C=O) groups is 1. The molecule has 0 N–H and O–H groups in total. The Morgan fingerprint density at radius 1 is 1.07 bits per heavy atom. The molecule has 0 bridgehead atoms. The van der Waals surface area contributed by atoms with Crippen LogP contribution in [0.3, 0.4) is 0 Å². The summed E-state index contributed by atoms with van der Waals surface area (Å²) in [5.74, 6) is 1.40. The minimum absolute atomic E-state index is 0.00720. The number of benzene rings is 2. The number of hydrogen-bond acceptors (Lipinski definition) is 6. The van der Waals surface area contributed by atoms with Gasteiger partial charge in [-0.1, -0.05) is 54.0 Å². The lowest BCUT2D eigenvalue weighted by Gasteiger charge is -2.34. The summed E-state index contributed by atoms with van der Waals surface area (Å²) in [6, 6.07) is 15.2. The topological polar surface area (TPSA) is 71.7 Å². The van der Waals surface area contributed by atoms with Crippen LogP contribution in [0.25, 0.3) is 11.4 Å². The highest BCUT2D eigenvalue weighted by Crippen LogP contribution is 2.22. The van der Waals surface area contributed by atoms with Gasteiger partial charge in [0.2, 0.25) is 5.82 Å². The minimum atomic E-state index is -0.00720. The van der Waals surface area contributed by atoms with Crippen molar-refractivity contribution in [2.45, 2.75) is 20.5 Å². The van der Waals surface area contributed by atoms with Gasteiger partial charge in [-0.15, -0.1) is 0 Å². The van der Waals surface area contributed by atoms with Crippen molar-refractivity contribution in [2.24, 2.45) is 0 Å². The number of amides is 1. The van der Waals surface area contributed by atoms with Crippen LogP contribution in [-0.2, 0) is 6.61 Å². The molecule has 1 aliphatic heterocycles. The van der Waals surface area contributed by atoms with Crippen molar-refractivity contribution in [3.8, 4) is 17.1 Å². The maximum Gasteiger partial charge on any atom is 0.264 e. The highest BCUT2D eigenvalue weighted by Gasteiger charge is 2.23. The summed E-state index contributed by atoms with van der Waals surface area (Å²) in [6.45, 7) is 8.53. The molecule has 1 aromatic heterocycles. The number of carbonyl (C=O) groups excluding carboxylic acids is 1. The SMILES string of the molecule is CCN1CCN(C(=O)c2ccccc2OCc2nc(-c3ccc(C)cc3)no2)CC1. The molecule has 30 heavy (non-hydrogen) atoms. The van der Waals surface area contributed by atoms with E-state index in [1.807, 2.05) is 48.2 Å². The van der Waals surface area contributed by atoms with Crippen molar-refractivity contribution in [3.05, 3.63) is 65.5 Å². The maximum atomic E-state index is 13.0. The second kappa shape index (κ2) is 9.09. The Bertz CT molecular complexity index is 992. The highest BCUT2D eigenvalue weighted by atomic mass is 16.5. The van der Waals surface area contributed by atoms with E-state index < -0.39 is 0 Å². The van der Waals surface area contributed by atoms with Crippen LogP contribution in [0, 0.1) is 6.92 Å². The van der Waals surface area contributed by atoms with Crippen LogP contribution >= 0.6 is 0 Å². The van der Waals surface area contributed by atoms with Crippen molar-refractivity contribution in [1.29, 1.82) is 0 Å². The second-order valence-corrected chi connectivity index (χ2v) is 7.39. The number of ether oxygens (including phenoxy) is 1. The number of aryl methyl sites for hydroxylation is 1. The van der Waals surface area contributed by atoms with Crippen molar-refractivity contribution >= 4 is 5.91 Å². The largest absolute Gasteiger partial charge is 0.483 e. The van der Waals surface area contributed by atoms with E-state index in [2.05, 4.69) is 22.0 Å². The van der Waals surface area contributed by atoms with Gasteiger partial charge in [0.05, 0.1) is 5.56 Å². The average molecular weight is 406 g/mol. The molecular weight excluding hydrogens is 380 g/mol. The lowest BCUT2D eigenvalue weighted by atomic mass is 10.1. The lowest BCUT2D eigenvalue weighted by Crippen LogP contribution is -2.48. The van der Waals surface area contributed by atoms with E-state index in [1.165, 1.54) is 5.56 Å². The number of nitrogens with zero attached hydrogens (tertiary/aromatic N) is 4. The smallest absolute Gasteiger partial charge is 0.264 e. The molecule has 7 nitrogen and oxygen atoms in total. The Hall–Kier alpha value is -3.19. The molecule has 4 rings (SSSR count). The van der Waals surface area contributed by atoms with Gasteiger partial charge in [-0.2, -0.15) is 4.98 Å². The molecule has 1 aliphatic rings. The Morgan fingerprint density at radius 2 is 1.80 bits per heavy atom. The monoisotopic (exact) mass is 406 g/mol. The fourth-order valence-electron chi connectivity index (χ4n) is 3.48. The van der Waals surface area contributed by atoms with Gasteiger partial charge in [0, 0.05) is 31.7 Å². The van der Waals surface area contributed by atoms with Crippen LogP contribution in [0.2, 0.25) is 0 Å². The molecule has 2 aromatic carbocycles. The third-order valence-corrected chi connectivity index (χ3v) is 5.35. The maximum absolute atomic E-state index is 13.0. The van der Waals surface area contributed by atoms with E-state index in [9.17, 15) is 4.79 Å². The van der Waals surface area contributed by atoms with Gasteiger partial charge in [-0.3, -0.25) is 4.79 Å². The lowest BCUT2D eigenvalue weighted by molar-refractivity contribution is 0.0638. The summed E-state index contributed by atoms with van der Waals surface area (Å²) >= 11 is 0. The summed E-state index contributed by atoms with van der Waals surface area (Å²) in [7, 11) is 0. The van der Waals surface area contributed by atoms with E-state index >= 15 is 0 Å². The van der Waals surface area contributed by atoms with Gasteiger partial charge in [-0.25, -0.2) is 0 Å². The first-order valence-corrected chi connectivity index (χ1v) is 10.3. The minimum Gasteiger partial charge on any atom is -0.483 e. The quantitative estimate of drug-likeness (QED) is 0.625. The first-order valence-electron chi connectivity index (χ1n) is 10.3. The summed E-state index contributed by atoms with van der Waals surface area (Å²) in [4.78, 5) is 21.6. The van der Waals surface area contributed by atoms with E-state index in [0.29, 0.717) is 23.0 Å². The van der Waals surface area contributed by atoms with Gasteiger partial charge >= 0.3 is 0 Å². The number of para-hydroxylation sites is 1. The van der Waals surface area contributed by atoms with E-state index in [-0.39, 0.29) is 12.5 Å². The molecule has 1 fully saturated rings. The van der Waals surface area contributed by atoms with E-state index in [4.69, 9.17) is 9.26 Å². The van der Waals surface area contributed by atoms with E-state index in [0.717, 1.165) is 38.3 Å². The van der Waals surface area contributed by atoms with Crippen LogP contribution in [0.5, 0.6) is 5.75 Å². The van der Waals surface area contributed by atoms with Crippen LogP contribution in [0.15, 0.2) is 53.1 Å². The summed E-state index contributed by atoms with van der Waals surface area (Å²) in [5.41, 5.74) is 2.61. The van der Waals surface area contributed by atoms with Gasteiger partial charge in [-0.05, 0) is 25.6 Å². The Balaban J connectivity index is 1.42. The molecule has 3 aromatic rings.